The number of aliphatic hydroxyl groups is 1. The summed E-state index contributed by atoms with van der Waals surface area (Å²) in [6.07, 6.45) is 3.20. The number of aromatic nitrogens is 2. The Hall–Kier alpha value is -1.43. The molecular weight excluding hydrogens is 290 g/mol. The molecule has 1 aliphatic heterocycles. The molecule has 0 radical (unpaired) electrons. The number of rotatable bonds is 4. The van der Waals surface area contributed by atoms with Gasteiger partial charge in [-0.25, -0.2) is 9.97 Å². The maximum absolute atomic E-state index is 10.5. The molecule has 5 nitrogen and oxygen atoms in total. The summed E-state index contributed by atoms with van der Waals surface area (Å²) in [5.74, 6) is 0.629. The van der Waals surface area contributed by atoms with Crippen LogP contribution in [0.1, 0.15) is 24.5 Å². The molecule has 1 aliphatic rings. The van der Waals surface area contributed by atoms with Crippen LogP contribution in [0.3, 0.4) is 0 Å². The van der Waals surface area contributed by atoms with Crippen molar-refractivity contribution in [2.75, 3.05) is 26.7 Å². The summed E-state index contributed by atoms with van der Waals surface area (Å²) in [6.45, 7) is 2.68. The summed E-state index contributed by atoms with van der Waals surface area (Å²) >= 11 is 6.12. The molecule has 1 atom stereocenters. The summed E-state index contributed by atoms with van der Waals surface area (Å²) in [6, 6.07) is 3.63. The summed E-state index contributed by atoms with van der Waals surface area (Å²) in [7, 11) is 1.59. The molecule has 3 rings (SSSR count). The highest BCUT2D eigenvalue weighted by Gasteiger charge is 2.21. The minimum Gasteiger partial charge on any atom is -0.496 e. The second kappa shape index (κ2) is 6.13. The van der Waals surface area contributed by atoms with Crippen molar-refractivity contribution in [1.82, 2.24) is 14.9 Å². The predicted molar refractivity (Wildman–Crippen MR) is 81.7 cm³/mol. The Labute approximate surface area is 128 Å². The molecule has 1 aromatic carbocycles. The zero-order chi connectivity index (χ0) is 14.8. The molecule has 112 valence electrons. The zero-order valence-corrected chi connectivity index (χ0v) is 12.7. The molecule has 0 saturated carbocycles. The van der Waals surface area contributed by atoms with E-state index in [9.17, 15) is 5.11 Å². The fourth-order valence-electron chi connectivity index (χ4n) is 2.81. The summed E-state index contributed by atoms with van der Waals surface area (Å²) in [4.78, 5) is 10.4. The monoisotopic (exact) mass is 307 g/mol. The quantitative estimate of drug-likeness (QED) is 0.879. The van der Waals surface area contributed by atoms with Crippen molar-refractivity contribution in [3.63, 3.8) is 0 Å². The number of benzene rings is 1. The molecular formula is C15H18ClN3O2. The third-order valence-electron chi connectivity index (χ3n) is 3.93. The van der Waals surface area contributed by atoms with Gasteiger partial charge >= 0.3 is 0 Å². The average molecular weight is 308 g/mol. The van der Waals surface area contributed by atoms with Gasteiger partial charge in [-0.15, -0.1) is 0 Å². The Morgan fingerprint density at radius 1 is 1.33 bits per heavy atom. The highest BCUT2D eigenvalue weighted by molar-refractivity contribution is 6.34. The number of β-amino-alcohol motifs (C(OH)–C–C–N with tert-alkyl or cyclic N) is 1. The lowest BCUT2D eigenvalue weighted by atomic mass is 10.0. The number of aliphatic hydroxyl groups excluding tert-OH is 1. The van der Waals surface area contributed by atoms with Gasteiger partial charge in [0.05, 0.1) is 18.7 Å². The van der Waals surface area contributed by atoms with Crippen molar-refractivity contribution in [2.24, 2.45) is 0 Å². The Morgan fingerprint density at radius 3 is 2.81 bits per heavy atom. The molecule has 1 saturated heterocycles. The van der Waals surface area contributed by atoms with Crippen LogP contribution in [0.15, 0.2) is 18.5 Å². The first-order chi connectivity index (χ1) is 10.2. The smallest absolute Gasteiger partial charge is 0.140 e. The SMILES string of the molecule is COc1cc2ncnc(Cl)c2cc1C(O)CN1CCCC1. The lowest BCUT2D eigenvalue weighted by Gasteiger charge is -2.21. The van der Waals surface area contributed by atoms with Crippen LogP contribution >= 0.6 is 11.6 Å². The van der Waals surface area contributed by atoms with Gasteiger partial charge in [0.15, 0.2) is 0 Å². The summed E-state index contributed by atoms with van der Waals surface area (Å²) in [5.41, 5.74) is 1.44. The molecule has 1 N–H and O–H groups in total. The molecule has 0 aliphatic carbocycles. The first kappa shape index (κ1) is 14.5. The fraction of sp³-hybridized carbons (Fsp3) is 0.467. The Kier molecular flexibility index (Phi) is 4.24. The topological polar surface area (TPSA) is 58.5 Å². The van der Waals surface area contributed by atoms with Gasteiger partial charge < -0.3 is 14.7 Å². The minimum atomic E-state index is -0.612. The molecule has 1 unspecified atom stereocenters. The molecule has 2 heterocycles. The van der Waals surface area contributed by atoms with Crippen LogP contribution in [0.5, 0.6) is 5.75 Å². The lowest BCUT2D eigenvalue weighted by Crippen LogP contribution is -2.25. The van der Waals surface area contributed by atoms with E-state index in [2.05, 4.69) is 14.9 Å². The zero-order valence-electron chi connectivity index (χ0n) is 11.9. The predicted octanol–water partition coefficient (Wildman–Crippen LogP) is 2.42. The summed E-state index contributed by atoms with van der Waals surface area (Å²) in [5, 5.41) is 11.7. The van der Waals surface area contributed by atoms with Crippen molar-refractivity contribution in [1.29, 1.82) is 0 Å². The van der Waals surface area contributed by atoms with Crippen LogP contribution in [-0.4, -0.2) is 46.7 Å². The van der Waals surface area contributed by atoms with E-state index in [0.717, 1.165) is 24.0 Å². The molecule has 0 spiro atoms. The lowest BCUT2D eigenvalue weighted by molar-refractivity contribution is 0.123. The van der Waals surface area contributed by atoms with E-state index in [4.69, 9.17) is 16.3 Å². The van der Waals surface area contributed by atoms with E-state index in [1.807, 2.05) is 6.07 Å². The van der Waals surface area contributed by atoms with E-state index in [-0.39, 0.29) is 0 Å². The van der Waals surface area contributed by atoms with Crippen molar-refractivity contribution in [3.05, 3.63) is 29.2 Å². The molecule has 2 aromatic rings. The van der Waals surface area contributed by atoms with Crippen LogP contribution in [0, 0.1) is 0 Å². The number of methoxy groups -OCH3 is 1. The van der Waals surface area contributed by atoms with E-state index in [1.54, 1.807) is 13.2 Å². The number of fused-ring (bicyclic) bond motifs is 1. The number of likely N-dealkylation sites (tertiary alicyclic amines) is 1. The van der Waals surface area contributed by atoms with E-state index in [1.165, 1.54) is 19.2 Å². The Bertz CT molecular complexity index is 644. The number of ether oxygens (including phenoxy) is 1. The van der Waals surface area contributed by atoms with Crippen molar-refractivity contribution in [3.8, 4) is 5.75 Å². The van der Waals surface area contributed by atoms with Crippen molar-refractivity contribution in [2.45, 2.75) is 18.9 Å². The van der Waals surface area contributed by atoms with Gasteiger partial charge in [-0.05, 0) is 32.0 Å². The molecule has 1 aromatic heterocycles. The second-order valence-corrected chi connectivity index (χ2v) is 5.66. The van der Waals surface area contributed by atoms with Gasteiger partial charge in [-0.1, -0.05) is 11.6 Å². The Balaban J connectivity index is 1.97. The molecule has 1 fully saturated rings. The molecule has 0 amide bonds. The third-order valence-corrected chi connectivity index (χ3v) is 4.23. The highest BCUT2D eigenvalue weighted by atomic mass is 35.5. The van der Waals surface area contributed by atoms with Gasteiger partial charge in [0.25, 0.3) is 0 Å². The van der Waals surface area contributed by atoms with Crippen LogP contribution in [0.4, 0.5) is 0 Å². The minimum absolute atomic E-state index is 0.386. The largest absolute Gasteiger partial charge is 0.496 e. The molecule has 0 bridgehead atoms. The average Bonchev–Trinajstić information content (AvgIpc) is 2.99. The van der Waals surface area contributed by atoms with Gasteiger partial charge in [0.2, 0.25) is 0 Å². The van der Waals surface area contributed by atoms with Crippen LogP contribution in [0.2, 0.25) is 5.15 Å². The maximum atomic E-state index is 10.5. The highest BCUT2D eigenvalue weighted by Crippen LogP contribution is 2.32. The van der Waals surface area contributed by atoms with Crippen molar-refractivity contribution >= 4 is 22.5 Å². The summed E-state index contributed by atoms with van der Waals surface area (Å²) < 4.78 is 5.40. The Morgan fingerprint density at radius 2 is 2.10 bits per heavy atom. The second-order valence-electron chi connectivity index (χ2n) is 5.30. The van der Waals surface area contributed by atoms with Gasteiger partial charge in [-0.2, -0.15) is 0 Å². The molecule has 6 heteroatoms. The third kappa shape index (κ3) is 2.95. The van der Waals surface area contributed by atoms with Gasteiger partial charge in [-0.3, -0.25) is 0 Å². The first-order valence-electron chi connectivity index (χ1n) is 7.07. The van der Waals surface area contributed by atoms with Crippen LogP contribution in [0.25, 0.3) is 10.9 Å². The maximum Gasteiger partial charge on any atom is 0.140 e. The van der Waals surface area contributed by atoms with Crippen LogP contribution in [-0.2, 0) is 0 Å². The van der Waals surface area contributed by atoms with Gasteiger partial charge in [0.1, 0.15) is 17.2 Å². The van der Waals surface area contributed by atoms with Gasteiger partial charge in [0, 0.05) is 23.6 Å². The van der Waals surface area contributed by atoms with Crippen molar-refractivity contribution < 1.29 is 9.84 Å². The number of hydrogen-bond donors (Lipinski definition) is 1. The number of nitrogens with zero attached hydrogens (tertiary/aromatic N) is 3. The normalized spacial score (nSPS) is 17.3. The number of halogens is 1. The van der Waals surface area contributed by atoms with E-state index in [0.29, 0.717) is 23.0 Å². The number of hydrogen-bond acceptors (Lipinski definition) is 5. The first-order valence-corrected chi connectivity index (χ1v) is 7.45. The molecule has 21 heavy (non-hydrogen) atoms. The standard InChI is InChI=1S/C15H18ClN3O2/c1-21-14-7-12-10(15(16)18-9-17-12)6-11(14)13(20)8-19-4-2-3-5-19/h6-7,9,13,20H,2-5,8H2,1H3. The van der Waals surface area contributed by atoms with E-state index >= 15 is 0 Å². The van der Waals surface area contributed by atoms with E-state index < -0.39 is 6.10 Å². The fourth-order valence-corrected chi connectivity index (χ4v) is 3.01. The van der Waals surface area contributed by atoms with Crippen LogP contribution < -0.4 is 4.74 Å².